The molecule has 0 spiro atoms. The average molecular weight is 304 g/mol. The first-order chi connectivity index (χ1) is 10.5. The lowest BCUT2D eigenvalue weighted by Gasteiger charge is -2.12. The molecule has 1 fully saturated rings. The fourth-order valence-electron chi connectivity index (χ4n) is 2.38. The first kappa shape index (κ1) is 16.3. The highest BCUT2D eigenvalue weighted by atomic mass is 16.2. The maximum absolute atomic E-state index is 12.0. The van der Waals surface area contributed by atoms with Gasteiger partial charge < -0.3 is 21.3 Å². The summed E-state index contributed by atoms with van der Waals surface area (Å²) in [5.41, 5.74) is 1.25. The van der Waals surface area contributed by atoms with Crippen LogP contribution in [0.2, 0.25) is 0 Å². The Labute approximate surface area is 131 Å². The largest absolute Gasteiger partial charge is 0.350 e. The van der Waals surface area contributed by atoms with E-state index in [9.17, 15) is 9.59 Å². The Morgan fingerprint density at radius 1 is 1.27 bits per heavy atom. The van der Waals surface area contributed by atoms with Crippen LogP contribution in [0.15, 0.2) is 24.3 Å². The Morgan fingerprint density at radius 2 is 2.00 bits per heavy atom. The van der Waals surface area contributed by atoms with Gasteiger partial charge in [0.1, 0.15) is 0 Å². The van der Waals surface area contributed by atoms with Crippen LogP contribution in [-0.4, -0.2) is 37.1 Å². The Bertz CT molecular complexity index is 507. The SMILES string of the molecule is CC(C)NC(=O)Nc1ccc(C(=O)NCC2CCCN2)cc1. The molecule has 1 unspecified atom stereocenters. The van der Waals surface area contributed by atoms with Gasteiger partial charge in [-0.1, -0.05) is 0 Å². The zero-order valence-corrected chi connectivity index (χ0v) is 13.1. The number of amides is 3. The summed E-state index contributed by atoms with van der Waals surface area (Å²) in [5.74, 6) is -0.0909. The van der Waals surface area contributed by atoms with Crippen molar-refractivity contribution in [3.05, 3.63) is 29.8 Å². The molecule has 3 amide bonds. The number of hydrogen-bond acceptors (Lipinski definition) is 3. The number of anilines is 1. The maximum Gasteiger partial charge on any atom is 0.319 e. The van der Waals surface area contributed by atoms with Gasteiger partial charge in [0, 0.05) is 29.9 Å². The molecule has 120 valence electrons. The van der Waals surface area contributed by atoms with Crippen LogP contribution < -0.4 is 21.3 Å². The second kappa shape index (κ2) is 7.79. The summed E-state index contributed by atoms with van der Waals surface area (Å²) in [7, 11) is 0. The van der Waals surface area contributed by atoms with Gasteiger partial charge in [0.2, 0.25) is 0 Å². The van der Waals surface area contributed by atoms with Crippen molar-refractivity contribution in [2.75, 3.05) is 18.4 Å². The van der Waals surface area contributed by atoms with Crippen LogP contribution in [0.1, 0.15) is 37.0 Å². The van der Waals surface area contributed by atoms with Gasteiger partial charge in [-0.3, -0.25) is 4.79 Å². The number of carbonyl (C=O) groups excluding carboxylic acids is 2. The zero-order valence-electron chi connectivity index (χ0n) is 13.1. The van der Waals surface area contributed by atoms with E-state index in [1.165, 1.54) is 6.42 Å². The number of rotatable bonds is 5. The van der Waals surface area contributed by atoms with Gasteiger partial charge >= 0.3 is 6.03 Å². The molecule has 0 aliphatic carbocycles. The first-order valence-corrected chi connectivity index (χ1v) is 7.74. The third-order valence-electron chi connectivity index (χ3n) is 3.50. The highest BCUT2D eigenvalue weighted by molar-refractivity contribution is 5.95. The summed E-state index contributed by atoms with van der Waals surface area (Å²) in [6.45, 7) is 5.47. The summed E-state index contributed by atoms with van der Waals surface area (Å²) >= 11 is 0. The van der Waals surface area contributed by atoms with Crippen LogP contribution in [-0.2, 0) is 0 Å². The zero-order chi connectivity index (χ0) is 15.9. The minimum atomic E-state index is -0.250. The molecule has 1 aliphatic heterocycles. The van der Waals surface area contributed by atoms with Gasteiger partial charge in [-0.05, 0) is 57.5 Å². The second-order valence-corrected chi connectivity index (χ2v) is 5.83. The molecule has 4 N–H and O–H groups in total. The van der Waals surface area contributed by atoms with Crippen molar-refractivity contribution in [1.82, 2.24) is 16.0 Å². The molecule has 0 bridgehead atoms. The number of benzene rings is 1. The van der Waals surface area contributed by atoms with E-state index < -0.39 is 0 Å². The van der Waals surface area contributed by atoms with Gasteiger partial charge in [-0.25, -0.2) is 4.79 Å². The predicted octanol–water partition coefficient (Wildman–Crippen LogP) is 1.70. The molecular formula is C16H24N4O2. The first-order valence-electron chi connectivity index (χ1n) is 7.74. The Hall–Kier alpha value is -2.08. The summed E-state index contributed by atoms with van der Waals surface area (Å²) in [4.78, 5) is 23.6. The third-order valence-corrected chi connectivity index (χ3v) is 3.50. The van der Waals surface area contributed by atoms with Crippen LogP contribution in [0.4, 0.5) is 10.5 Å². The normalized spacial score (nSPS) is 17.3. The van der Waals surface area contributed by atoms with E-state index in [4.69, 9.17) is 0 Å². The van der Waals surface area contributed by atoms with Crippen molar-refractivity contribution < 1.29 is 9.59 Å². The van der Waals surface area contributed by atoms with Crippen molar-refractivity contribution >= 4 is 17.6 Å². The number of urea groups is 1. The van der Waals surface area contributed by atoms with E-state index in [-0.39, 0.29) is 18.0 Å². The maximum atomic E-state index is 12.0. The van der Waals surface area contributed by atoms with Crippen molar-refractivity contribution in [2.24, 2.45) is 0 Å². The molecule has 1 heterocycles. The summed E-state index contributed by atoms with van der Waals surface area (Å²) < 4.78 is 0. The van der Waals surface area contributed by atoms with Crippen molar-refractivity contribution in [3.8, 4) is 0 Å². The van der Waals surface area contributed by atoms with Gasteiger partial charge in [-0.15, -0.1) is 0 Å². The third kappa shape index (κ3) is 5.04. The van der Waals surface area contributed by atoms with Gasteiger partial charge in [-0.2, -0.15) is 0 Å². The van der Waals surface area contributed by atoms with Crippen LogP contribution in [0, 0.1) is 0 Å². The van der Waals surface area contributed by atoms with Gasteiger partial charge in [0.05, 0.1) is 0 Å². The molecule has 1 aliphatic rings. The van der Waals surface area contributed by atoms with E-state index in [1.807, 2.05) is 13.8 Å². The highest BCUT2D eigenvalue weighted by Gasteiger charge is 2.15. The minimum Gasteiger partial charge on any atom is -0.350 e. The van der Waals surface area contributed by atoms with Crippen LogP contribution in [0.5, 0.6) is 0 Å². The molecule has 0 saturated carbocycles. The fourth-order valence-corrected chi connectivity index (χ4v) is 2.38. The standard InChI is InChI=1S/C16H24N4O2/c1-11(2)19-16(22)20-13-7-5-12(6-8-13)15(21)18-10-14-4-3-9-17-14/h5-8,11,14,17H,3-4,9-10H2,1-2H3,(H,18,21)(H2,19,20,22). The van der Waals surface area contributed by atoms with Crippen molar-refractivity contribution in [3.63, 3.8) is 0 Å². The summed E-state index contributed by atoms with van der Waals surface area (Å²) in [6.07, 6.45) is 2.27. The lowest BCUT2D eigenvalue weighted by atomic mass is 10.2. The smallest absolute Gasteiger partial charge is 0.319 e. The topological polar surface area (TPSA) is 82.3 Å². The molecule has 22 heavy (non-hydrogen) atoms. The Balaban J connectivity index is 1.82. The summed E-state index contributed by atoms with van der Waals surface area (Å²) in [6, 6.07) is 7.08. The van der Waals surface area contributed by atoms with Crippen LogP contribution in [0.25, 0.3) is 0 Å². The van der Waals surface area contributed by atoms with Gasteiger partial charge in [0.25, 0.3) is 5.91 Å². The van der Waals surface area contributed by atoms with Crippen LogP contribution >= 0.6 is 0 Å². The molecule has 0 radical (unpaired) electrons. The van der Waals surface area contributed by atoms with Crippen molar-refractivity contribution in [1.29, 1.82) is 0 Å². The lowest BCUT2D eigenvalue weighted by molar-refractivity contribution is 0.0950. The monoisotopic (exact) mass is 304 g/mol. The molecule has 6 heteroatoms. The summed E-state index contributed by atoms with van der Waals surface area (Å²) in [5, 5.41) is 11.7. The van der Waals surface area contributed by atoms with E-state index in [1.54, 1.807) is 24.3 Å². The number of carbonyl (C=O) groups is 2. The molecule has 1 atom stereocenters. The fraction of sp³-hybridized carbons (Fsp3) is 0.500. The molecular weight excluding hydrogens is 280 g/mol. The Morgan fingerprint density at radius 3 is 2.59 bits per heavy atom. The van der Waals surface area contributed by atoms with Crippen LogP contribution in [0.3, 0.4) is 0 Å². The molecule has 2 rings (SSSR count). The molecule has 1 aromatic carbocycles. The quantitative estimate of drug-likeness (QED) is 0.668. The average Bonchev–Trinajstić information content (AvgIpc) is 2.98. The van der Waals surface area contributed by atoms with E-state index >= 15 is 0 Å². The van der Waals surface area contributed by atoms with E-state index in [0.717, 1.165) is 13.0 Å². The Kier molecular flexibility index (Phi) is 5.77. The van der Waals surface area contributed by atoms with Crippen molar-refractivity contribution in [2.45, 2.75) is 38.8 Å². The van der Waals surface area contributed by atoms with E-state index in [0.29, 0.717) is 23.8 Å². The minimum absolute atomic E-state index is 0.0780. The second-order valence-electron chi connectivity index (χ2n) is 5.83. The predicted molar refractivity (Wildman–Crippen MR) is 87.1 cm³/mol. The lowest BCUT2D eigenvalue weighted by Crippen LogP contribution is -2.37. The number of nitrogens with one attached hydrogen (secondary N) is 4. The molecule has 6 nitrogen and oxygen atoms in total. The molecule has 1 aromatic rings. The molecule has 0 aromatic heterocycles. The molecule has 1 saturated heterocycles. The van der Waals surface area contributed by atoms with E-state index in [2.05, 4.69) is 21.3 Å². The highest BCUT2D eigenvalue weighted by Crippen LogP contribution is 2.10. The van der Waals surface area contributed by atoms with Gasteiger partial charge in [0.15, 0.2) is 0 Å². The number of hydrogen-bond donors (Lipinski definition) is 4.